The molecular formula is C13H19F2NO. The first-order valence-electron chi connectivity index (χ1n) is 5.82. The lowest BCUT2D eigenvalue weighted by Crippen LogP contribution is -2.43. The van der Waals surface area contributed by atoms with Crippen LogP contribution in [-0.2, 0) is 11.3 Å². The Morgan fingerprint density at radius 2 is 1.71 bits per heavy atom. The maximum Gasteiger partial charge on any atom is 0.131 e. The summed E-state index contributed by atoms with van der Waals surface area (Å²) >= 11 is 0. The highest BCUT2D eigenvalue weighted by Gasteiger charge is 2.20. The zero-order valence-electron chi connectivity index (χ0n) is 10.3. The Labute approximate surface area is 101 Å². The van der Waals surface area contributed by atoms with E-state index in [1.807, 2.05) is 13.8 Å². The van der Waals surface area contributed by atoms with Crippen LogP contribution in [0.5, 0.6) is 0 Å². The first kappa shape index (κ1) is 14.1. The Hall–Kier alpha value is -1.00. The van der Waals surface area contributed by atoms with E-state index in [4.69, 9.17) is 10.5 Å². The first-order chi connectivity index (χ1) is 8.02. The van der Waals surface area contributed by atoms with Gasteiger partial charge in [-0.3, -0.25) is 0 Å². The van der Waals surface area contributed by atoms with E-state index in [1.165, 1.54) is 18.2 Å². The predicted octanol–water partition coefficient (Wildman–Crippen LogP) is 3.00. The Morgan fingerprint density at radius 3 is 2.18 bits per heavy atom. The van der Waals surface area contributed by atoms with Crippen molar-refractivity contribution in [3.8, 4) is 0 Å². The van der Waals surface area contributed by atoms with Crippen molar-refractivity contribution in [2.75, 3.05) is 6.61 Å². The van der Waals surface area contributed by atoms with Gasteiger partial charge in [-0.15, -0.1) is 0 Å². The second kappa shape index (κ2) is 6.07. The lowest BCUT2D eigenvalue weighted by molar-refractivity contribution is 0.0663. The lowest BCUT2D eigenvalue weighted by atomic mass is 9.96. The van der Waals surface area contributed by atoms with Crippen LogP contribution in [0.25, 0.3) is 0 Å². The number of rotatable bonds is 6. The van der Waals surface area contributed by atoms with E-state index in [1.54, 1.807) is 0 Å². The molecule has 0 saturated carbocycles. The second-order valence-corrected chi connectivity index (χ2v) is 4.26. The molecule has 0 aliphatic carbocycles. The van der Waals surface area contributed by atoms with E-state index < -0.39 is 17.2 Å². The summed E-state index contributed by atoms with van der Waals surface area (Å²) in [6, 6.07) is 3.77. The molecule has 0 bridgehead atoms. The van der Waals surface area contributed by atoms with Crippen molar-refractivity contribution in [1.82, 2.24) is 0 Å². The number of halogens is 2. The smallest absolute Gasteiger partial charge is 0.131 e. The molecule has 0 heterocycles. The largest absolute Gasteiger partial charge is 0.375 e. The van der Waals surface area contributed by atoms with Crippen LogP contribution >= 0.6 is 0 Å². The van der Waals surface area contributed by atoms with Gasteiger partial charge >= 0.3 is 0 Å². The number of hydrogen-bond donors (Lipinski definition) is 1. The molecule has 2 N–H and O–H groups in total. The van der Waals surface area contributed by atoms with Gasteiger partial charge in [-0.05, 0) is 25.0 Å². The van der Waals surface area contributed by atoms with Gasteiger partial charge in [0.05, 0.1) is 13.2 Å². The van der Waals surface area contributed by atoms with Crippen molar-refractivity contribution in [2.24, 2.45) is 5.73 Å². The third kappa shape index (κ3) is 3.75. The van der Waals surface area contributed by atoms with E-state index in [0.29, 0.717) is 6.61 Å². The lowest BCUT2D eigenvalue weighted by Gasteiger charge is -2.26. The van der Waals surface area contributed by atoms with Crippen LogP contribution in [0.1, 0.15) is 32.3 Å². The minimum absolute atomic E-state index is 0.0398. The number of hydrogen-bond acceptors (Lipinski definition) is 2. The molecule has 17 heavy (non-hydrogen) atoms. The Bertz CT molecular complexity index is 344. The Kier molecular flexibility index (Phi) is 5.02. The molecular weight excluding hydrogens is 224 g/mol. The van der Waals surface area contributed by atoms with Crippen molar-refractivity contribution in [1.29, 1.82) is 0 Å². The first-order valence-corrected chi connectivity index (χ1v) is 5.82. The number of nitrogens with two attached hydrogens (primary N) is 1. The molecule has 0 radical (unpaired) electrons. The van der Waals surface area contributed by atoms with Crippen LogP contribution in [0.2, 0.25) is 0 Å². The monoisotopic (exact) mass is 243 g/mol. The standard InChI is InChI=1S/C13H19F2NO/c1-3-13(16,4-2)9-17-8-10-11(14)6-5-7-12(10)15/h5-7H,3-4,8-9,16H2,1-2H3. The highest BCUT2D eigenvalue weighted by atomic mass is 19.1. The van der Waals surface area contributed by atoms with Crippen LogP contribution in [0.4, 0.5) is 8.78 Å². The zero-order chi connectivity index (χ0) is 12.9. The Morgan fingerprint density at radius 1 is 1.18 bits per heavy atom. The van der Waals surface area contributed by atoms with E-state index in [0.717, 1.165) is 12.8 Å². The van der Waals surface area contributed by atoms with Crippen LogP contribution in [0.3, 0.4) is 0 Å². The van der Waals surface area contributed by atoms with Gasteiger partial charge in [0.2, 0.25) is 0 Å². The van der Waals surface area contributed by atoms with Crippen molar-refractivity contribution in [2.45, 2.75) is 38.8 Å². The molecule has 0 aliphatic rings. The summed E-state index contributed by atoms with van der Waals surface area (Å²) < 4.78 is 31.9. The summed E-state index contributed by atoms with van der Waals surface area (Å²) in [4.78, 5) is 0. The SMILES string of the molecule is CCC(N)(CC)COCc1c(F)cccc1F. The molecule has 0 amide bonds. The van der Waals surface area contributed by atoms with Gasteiger partial charge in [0.1, 0.15) is 11.6 Å². The minimum Gasteiger partial charge on any atom is -0.375 e. The van der Waals surface area contributed by atoms with Gasteiger partial charge < -0.3 is 10.5 Å². The quantitative estimate of drug-likeness (QED) is 0.833. The van der Waals surface area contributed by atoms with Crippen molar-refractivity contribution < 1.29 is 13.5 Å². The summed E-state index contributed by atoms with van der Waals surface area (Å²) in [6.07, 6.45) is 1.53. The van der Waals surface area contributed by atoms with Gasteiger partial charge in [0, 0.05) is 11.1 Å². The fourth-order valence-electron chi connectivity index (χ4n) is 1.48. The van der Waals surface area contributed by atoms with Gasteiger partial charge in [0.25, 0.3) is 0 Å². The van der Waals surface area contributed by atoms with Crippen LogP contribution in [-0.4, -0.2) is 12.1 Å². The number of ether oxygens (including phenoxy) is 1. The summed E-state index contributed by atoms with van der Waals surface area (Å²) in [5.41, 5.74) is 5.57. The molecule has 1 aromatic rings. The summed E-state index contributed by atoms with van der Waals surface area (Å²) in [5, 5.41) is 0. The second-order valence-electron chi connectivity index (χ2n) is 4.26. The summed E-state index contributed by atoms with van der Waals surface area (Å²) in [5.74, 6) is -1.17. The average Bonchev–Trinajstić information content (AvgIpc) is 2.32. The van der Waals surface area contributed by atoms with Gasteiger partial charge in [0.15, 0.2) is 0 Å². The average molecular weight is 243 g/mol. The molecule has 0 fully saturated rings. The van der Waals surface area contributed by atoms with E-state index in [2.05, 4.69) is 0 Å². The molecule has 0 spiro atoms. The third-order valence-electron chi connectivity index (χ3n) is 3.11. The van der Waals surface area contributed by atoms with E-state index in [9.17, 15) is 8.78 Å². The number of benzene rings is 1. The highest BCUT2D eigenvalue weighted by molar-refractivity contribution is 5.18. The molecule has 0 saturated heterocycles. The van der Waals surface area contributed by atoms with Gasteiger partial charge in [-0.2, -0.15) is 0 Å². The third-order valence-corrected chi connectivity index (χ3v) is 3.11. The highest BCUT2D eigenvalue weighted by Crippen LogP contribution is 2.16. The zero-order valence-corrected chi connectivity index (χ0v) is 10.3. The Balaban J connectivity index is 2.57. The fourth-order valence-corrected chi connectivity index (χ4v) is 1.48. The molecule has 1 rings (SSSR count). The normalized spacial score (nSPS) is 11.8. The fraction of sp³-hybridized carbons (Fsp3) is 0.538. The van der Waals surface area contributed by atoms with Crippen LogP contribution in [0, 0.1) is 11.6 Å². The van der Waals surface area contributed by atoms with Gasteiger partial charge in [-0.25, -0.2) is 8.78 Å². The van der Waals surface area contributed by atoms with E-state index >= 15 is 0 Å². The van der Waals surface area contributed by atoms with Crippen LogP contribution < -0.4 is 5.73 Å². The molecule has 4 heteroatoms. The van der Waals surface area contributed by atoms with Crippen LogP contribution in [0.15, 0.2) is 18.2 Å². The predicted molar refractivity (Wildman–Crippen MR) is 63.5 cm³/mol. The summed E-state index contributed by atoms with van der Waals surface area (Å²) in [6.45, 7) is 4.15. The minimum atomic E-state index is -0.583. The molecule has 0 aliphatic heterocycles. The maximum atomic E-state index is 13.3. The van der Waals surface area contributed by atoms with Crippen molar-refractivity contribution >= 4 is 0 Å². The maximum absolute atomic E-state index is 13.3. The topological polar surface area (TPSA) is 35.2 Å². The molecule has 0 aromatic heterocycles. The summed E-state index contributed by atoms with van der Waals surface area (Å²) in [7, 11) is 0. The molecule has 1 aromatic carbocycles. The van der Waals surface area contributed by atoms with Gasteiger partial charge in [-0.1, -0.05) is 19.9 Å². The van der Waals surface area contributed by atoms with E-state index in [-0.39, 0.29) is 12.2 Å². The van der Waals surface area contributed by atoms with Crippen molar-refractivity contribution in [3.05, 3.63) is 35.4 Å². The molecule has 0 atom stereocenters. The molecule has 0 unspecified atom stereocenters. The molecule has 96 valence electrons. The molecule has 2 nitrogen and oxygen atoms in total. The van der Waals surface area contributed by atoms with Crippen molar-refractivity contribution in [3.63, 3.8) is 0 Å².